The molecule has 6 nitrogen and oxygen atoms in total. The number of piperazine rings is 1. The molecule has 29 heavy (non-hydrogen) atoms. The summed E-state index contributed by atoms with van der Waals surface area (Å²) >= 11 is 0. The van der Waals surface area contributed by atoms with E-state index in [4.69, 9.17) is 0 Å². The molecule has 0 saturated carbocycles. The molecule has 3 aromatic rings. The third-order valence-corrected chi connectivity index (χ3v) is 5.53. The van der Waals surface area contributed by atoms with Gasteiger partial charge in [-0.2, -0.15) is 0 Å². The predicted octanol–water partition coefficient (Wildman–Crippen LogP) is 2.92. The quantitative estimate of drug-likeness (QED) is 0.583. The van der Waals surface area contributed by atoms with Gasteiger partial charge in [0.25, 0.3) is 0 Å². The number of nitrogens with zero attached hydrogens (tertiary/aromatic N) is 6. The summed E-state index contributed by atoms with van der Waals surface area (Å²) in [6, 6.07) is 19.1. The number of rotatable bonds is 7. The van der Waals surface area contributed by atoms with Crippen LogP contribution in [-0.2, 0) is 6.54 Å². The lowest BCUT2D eigenvalue weighted by Crippen LogP contribution is -2.48. The van der Waals surface area contributed by atoms with Crippen LogP contribution in [0.1, 0.15) is 28.6 Å². The normalized spacial score (nSPS) is 16.6. The first-order valence-corrected chi connectivity index (χ1v) is 10.2. The Morgan fingerprint density at radius 2 is 1.72 bits per heavy atom. The first kappa shape index (κ1) is 19.5. The second-order valence-electron chi connectivity index (χ2n) is 7.62. The molecule has 4 rings (SSSR count). The van der Waals surface area contributed by atoms with E-state index in [0.717, 1.165) is 38.5 Å². The highest BCUT2D eigenvalue weighted by molar-refractivity contribution is 5.28. The van der Waals surface area contributed by atoms with Crippen LogP contribution in [0.25, 0.3) is 0 Å². The zero-order valence-corrected chi connectivity index (χ0v) is 17.0. The molecule has 1 aliphatic heterocycles. The van der Waals surface area contributed by atoms with Gasteiger partial charge in [0.15, 0.2) is 5.82 Å². The molecule has 0 radical (unpaired) electrons. The van der Waals surface area contributed by atoms with Gasteiger partial charge in [0.2, 0.25) is 0 Å². The number of hydrogen-bond donors (Lipinski definition) is 0. The van der Waals surface area contributed by atoms with Crippen LogP contribution in [-0.4, -0.2) is 62.7 Å². The Balaban J connectivity index is 1.64. The maximum Gasteiger partial charge on any atom is 0.173 e. The Morgan fingerprint density at radius 1 is 1.00 bits per heavy atom. The van der Waals surface area contributed by atoms with Crippen LogP contribution in [0.4, 0.5) is 0 Å². The second kappa shape index (κ2) is 9.11. The molecule has 1 atom stereocenters. The van der Waals surface area contributed by atoms with Crippen LogP contribution in [0.5, 0.6) is 0 Å². The monoisotopic (exact) mass is 388 g/mol. The molecule has 0 spiro atoms. The van der Waals surface area contributed by atoms with Crippen LogP contribution in [0.3, 0.4) is 0 Å². The number of aryl methyl sites for hydroxylation is 1. The molecule has 0 amide bonds. The van der Waals surface area contributed by atoms with Crippen molar-refractivity contribution in [3.63, 3.8) is 0 Å². The van der Waals surface area contributed by atoms with E-state index in [2.05, 4.69) is 87.4 Å². The average Bonchev–Trinajstić information content (AvgIpc) is 3.19. The molecule has 0 bridgehead atoms. The van der Waals surface area contributed by atoms with Gasteiger partial charge in [0, 0.05) is 32.7 Å². The maximum absolute atomic E-state index is 4.47. The average molecular weight is 389 g/mol. The summed E-state index contributed by atoms with van der Waals surface area (Å²) in [6.07, 6.45) is 1.98. The number of hydrogen-bond acceptors (Lipinski definition) is 5. The van der Waals surface area contributed by atoms with Gasteiger partial charge in [-0.05, 0) is 28.5 Å². The summed E-state index contributed by atoms with van der Waals surface area (Å²) in [5, 5.41) is 12.8. The van der Waals surface area contributed by atoms with Crippen LogP contribution in [0, 0.1) is 6.92 Å². The molecule has 0 aliphatic carbocycles. The van der Waals surface area contributed by atoms with Crippen LogP contribution >= 0.6 is 0 Å². The molecule has 2 aromatic carbocycles. The van der Waals surface area contributed by atoms with Gasteiger partial charge in [0.05, 0.1) is 12.6 Å². The summed E-state index contributed by atoms with van der Waals surface area (Å²) in [4.78, 5) is 4.93. The van der Waals surface area contributed by atoms with Gasteiger partial charge in [-0.3, -0.25) is 9.80 Å². The van der Waals surface area contributed by atoms with Gasteiger partial charge in [-0.1, -0.05) is 66.2 Å². The SMILES string of the molecule is C=CCN1CCN(C(c2ccc(C)cc2)c2nnnn2Cc2ccccc2)CC1. The first-order chi connectivity index (χ1) is 14.2. The summed E-state index contributed by atoms with van der Waals surface area (Å²) < 4.78 is 1.94. The van der Waals surface area contributed by atoms with E-state index in [1.165, 1.54) is 16.7 Å². The van der Waals surface area contributed by atoms with E-state index in [-0.39, 0.29) is 6.04 Å². The van der Waals surface area contributed by atoms with Crippen LogP contribution < -0.4 is 0 Å². The lowest BCUT2D eigenvalue weighted by molar-refractivity contribution is 0.112. The van der Waals surface area contributed by atoms with Crippen molar-refractivity contribution < 1.29 is 0 Å². The van der Waals surface area contributed by atoms with Crippen molar-refractivity contribution in [2.24, 2.45) is 0 Å². The maximum atomic E-state index is 4.47. The molecule has 2 heterocycles. The van der Waals surface area contributed by atoms with Gasteiger partial charge in [-0.15, -0.1) is 11.7 Å². The molecular weight excluding hydrogens is 360 g/mol. The van der Waals surface area contributed by atoms with Gasteiger partial charge in [-0.25, -0.2) is 4.68 Å². The van der Waals surface area contributed by atoms with Crippen molar-refractivity contribution in [1.82, 2.24) is 30.0 Å². The lowest BCUT2D eigenvalue weighted by Gasteiger charge is -2.38. The Bertz CT molecular complexity index is 910. The number of aromatic nitrogens is 4. The van der Waals surface area contributed by atoms with Crippen molar-refractivity contribution >= 4 is 0 Å². The van der Waals surface area contributed by atoms with Gasteiger partial charge in [0.1, 0.15) is 0 Å². The number of benzene rings is 2. The molecule has 1 fully saturated rings. The summed E-state index contributed by atoms with van der Waals surface area (Å²) in [5.74, 6) is 0.898. The molecule has 1 saturated heterocycles. The smallest absolute Gasteiger partial charge is 0.173 e. The molecule has 1 aromatic heterocycles. The molecule has 0 N–H and O–H groups in total. The zero-order chi connectivity index (χ0) is 20.1. The Kier molecular flexibility index (Phi) is 6.12. The highest BCUT2D eigenvalue weighted by Crippen LogP contribution is 2.28. The topological polar surface area (TPSA) is 50.1 Å². The lowest BCUT2D eigenvalue weighted by atomic mass is 10.0. The summed E-state index contributed by atoms with van der Waals surface area (Å²) in [7, 11) is 0. The first-order valence-electron chi connectivity index (χ1n) is 10.2. The number of tetrazole rings is 1. The van der Waals surface area contributed by atoms with Crippen molar-refractivity contribution in [2.75, 3.05) is 32.7 Å². The molecule has 1 unspecified atom stereocenters. The van der Waals surface area contributed by atoms with Crippen molar-refractivity contribution in [3.05, 3.63) is 89.8 Å². The minimum absolute atomic E-state index is 0.0418. The van der Waals surface area contributed by atoms with Crippen LogP contribution in [0.2, 0.25) is 0 Å². The highest BCUT2D eigenvalue weighted by Gasteiger charge is 2.30. The minimum Gasteiger partial charge on any atom is -0.297 e. The highest BCUT2D eigenvalue weighted by atomic mass is 15.6. The minimum atomic E-state index is 0.0418. The molecular formula is C23H28N6. The van der Waals surface area contributed by atoms with Crippen molar-refractivity contribution in [2.45, 2.75) is 19.5 Å². The third-order valence-electron chi connectivity index (χ3n) is 5.53. The van der Waals surface area contributed by atoms with E-state index in [0.29, 0.717) is 6.54 Å². The Labute approximate surface area is 172 Å². The van der Waals surface area contributed by atoms with Crippen molar-refractivity contribution in [1.29, 1.82) is 0 Å². The zero-order valence-electron chi connectivity index (χ0n) is 17.0. The predicted molar refractivity (Wildman–Crippen MR) is 115 cm³/mol. The Morgan fingerprint density at radius 3 is 2.41 bits per heavy atom. The Hall–Kier alpha value is -2.83. The standard InChI is InChI=1S/C23H28N6/c1-3-13-27-14-16-28(17-15-27)22(21-11-9-19(2)10-12-21)23-24-25-26-29(23)18-20-7-5-4-6-8-20/h3-12,22H,1,13-18H2,2H3. The molecule has 6 heteroatoms. The fraction of sp³-hybridized carbons (Fsp3) is 0.348. The van der Waals surface area contributed by atoms with E-state index in [1.54, 1.807) is 0 Å². The fourth-order valence-electron chi connectivity index (χ4n) is 3.93. The molecule has 150 valence electrons. The molecule has 1 aliphatic rings. The van der Waals surface area contributed by atoms with Crippen molar-refractivity contribution in [3.8, 4) is 0 Å². The van der Waals surface area contributed by atoms with Crippen LogP contribution in [0.15, 0.2) is 67.3 Å². The summed E-state index contributed by atoms with van der Waals surface area (Å²) in [5.41, 5.74) is 3.68. The van der Waals surface area contributed by atoms with E-state index >= 15 is 0 Å². The van der Waals surface area contributed by atoms with Gasteiger partial charge >= 0.3 is 0 Å². The fourth-order valence-corrected chi connectivity index (χ4v) is 3.93. The van der Waals surface area contributed by atoms with Gasteiger partial charge < -0.3 is 0 Å². The van der Waals surface area contributed by atoms with E-state index < -0.39 is 0 Å². The second-order valence-corrected chi connectivity index (χ2v) is 7.62. The largest absolute Gasteiger partial charge is 0.297 e. The van der Waals surface area contributed by atoms with E-state index in [9.17, 15) is 0 Å². The van der Waals surface area contributed by atoms with E-state index in [1.807, 2.05) is 16.8 Å². The third kappa shape index (κ3) is 4.60. The summed E-state index contributed by atoms with van der Waals surface area (Å²) in [6.45, 7) is 11.6.